The lowest BCUT2D eigenvalue weighted by atomic mass is 9.89. The number of fused-ring (bicyclic) bond motifs is 1. The highest BCUT2D eigenvalue weighted by Crippen LogP contribution is 2.30. The molecule has 1 N–H and O–H groups in total. The van der Waals surface area contributed by atoms with Crippen LogP contribution < -0.4 is 0 Å². The summed E-state index contributed by atoms with van der Waals surface area (Å²) in [5.41, 5.74) is 0.796. The van der Waals surface area contributed by atoms with E-state index in [1.165, 1.54) is 0 Å². The van der Waals surface area contributed by atoms with E-state index in [0.29, 0.717) is 5.02 Å². The fraction of sp³-hybridized carbons (Fsp3) is 0.308. The number of aliphatic carboxylic acids is 1. The predicted molar refractivity (Wildman–Crippen MR) is 68.6 cm³/mol. The summed E-state index contributed by atoms with van der Waals surface area (Å²) in [5.74, 6) is -0.838. The standard InChI is InChI=1S/C13H14ClNO2/c1-13(2,12(16)17)11-6-8-4-5-9(14)7-10(8)15(11)3/h4-7H,1-3H3,(H,16,17). The number of hydrogen-bond donors (Lipinski definition) is 1. The molecule has 0 aliphatic heterocycles. The van der Waals surface area contributed by atoms with Crippen LogP contribution in [0.15, 0.2) is 24.3 Å². The first-order valence-corrected chi connectivity index (χ1v) is 5.70. The lowest BCUT2D eigenvalue weighted by Crippen LogP contribution is -2.30. The molecule has 2 rings (SSSR count). The van der Waals surface area contributed by atoms with Gasteiger partial charge in [0.05, 0.1) is 0 Å². The van der Waals surface area contributed by atoms with Crippen LogP contribution in [0.2, 0.25) is 5.02 Å². The second-order valence-corrected chi connectivity index (χ2v) is 5.16. The minimum Gasteiger partial charge on any atom is -0.481 e. The quantitative estimate of drug-likeness (QED) is 0.891. The fourth-order valence-electron chi connectivity index (χ4n) is 2.01. The summed E-state index contributed by atoms with van der Waals surface area (Å²) < 4.78 is 1.88. The smallest absolute Gasteiger partial charge is 0.315 e. The SMILES string of the molecule is Cn1c(C(C)(C)C(=O)O)cc2ccc(Cl)cc21. The molecule has 1 aromatic heterocycles. The number of nitrogens with zero attached hydrogens (tertiary/aromatic N) is 1. The highest BCUT2D eigenvalue weighted by atomic mass is 35.5. The third kappa shape index (κ3) is 1.80. The molecule has 4 heteroatoms. The van der Waals surface area contributed by atoms with Gasteiger partial charge in [0.2, 0.25) is 0 Å². The molecule has 0 aliphatic rings. The van der Waals surface area contributed by atoms with Crippen molar-refractivity contribution in [3.05, 3.63) is 35.0 Å². The molecule has 0 bridgehead atoms. The topological polar surface area (TPSA) is 42.2 Å². The largest absolute Gasteiger partial charge is 0.481 e. The molecule has 90 valence electrons. The van der Waals surface area contributed by atoms with Crippen molar-refractivity contribution in [1.82, 2.24) is 4.57 Å². The van der Waals surface area contributed by atoms with E-state index < -0.39 is 11.4 Å². The van der Waals surface area contributed by atoms with Crippen molar-refractivity contribution < 1.29 is 9.90 Å². The van der Waals surface area contributed by atoms with Crippen LogP contribution in [0.1, 0.15) is 19.5 Å². The molecule has 0 atom stereocenters. The van der Waals surface area contributed by atoms with Gasteiger partial charge < -0.3 is 9.67 Å². The number of hydrogen-bond acceptors (Lipinski definition) is 1. The predicted octanol–water partition coefficient (Wildman–Crippen LogP) is 3.19. The summed E-state index contributed by atoms with van der Waals surface area (Å²) in [5, 5.41) is 10.9. The Morgan fingerprint density at radius 3 is 2.59 bits per heavy atom. The number of aryl methyl sites for hydroxylation is 1. The maximum absolute atomic E-state index is 11.3. The first-order valence-electron chi connectivity index (χ1n) is 5.33. The molecular formula is C13H14ClNO2. The van der Waals surface area contributed by atoms with E-state index in [4.69, 9.17) is 11.6 Å². The lowest BCUT2D eigenvalue weighted by Gasteiger charge is -2.20. The molecule has 0 saturated carbocycles. The zero-order chi connectivity index (χ0) is 12.8. The molecular weight excluding hydrogens is 238 g/mol. The number of carbonyl (C=O) groups is 1. The van der Waals surface area contributed by atoms with E-state index in [0.717, 1.165) is 16.6 Å². The van der Waals surface area contributed by atoms with E-state index in [2.05, 4.69) is 0 Å². The van der Waals surface area contributed by atoms with Gasteiger partial charge in [-0.2, -0.15) is 0 Å². The maximum Gasteiger partial charge on any atom is 0.315 e. The van der Waals surface area contributed by atoms with Crippen LogP contribution in [0.5, 0.6) is 0 Å². The highest BCUT2D eigenvalue weighted by molar-refractivity contribution is 6.31. The first-order chi connectivity index (χ1) is 7.84. The number of rotatable bonds is 2. The number of halogens is 1. The van der Waals surface area contributed by atoms with Gasteiger partial charge in [-0.3, -0.25) is 4.79 Å². The van der Waals surface area contributed by atoms with Gasteiger partial charge in [0.15, 0.2) is 0 Å². The van der Waals surface area contributed by atoms with Crippen molar-refractivity contribution in [2.75, 3.05) is 0 Å². The Balaban J connectivity index is 2.72. The van der Waals surface area contributed by atoms with Crippen LogP contribution in [-0.2, 0) is 17.3 Å². The Hall–Kier alpha value is -1.48. The van der Waals surface area contributed by atoms with Crippen molar-refractivity contribution in [2.24, 2.45) is 7.05 Å². The van der Waals surface area contributed by atoms with Gasteiger partial charge in [0, 0.05) is 23.3 Å². The molecule has 0 unspecified atom stereocenters. The van der Waals surface area contributed by atoms with Gasteiger partial charge in [-0.15, -0.1) is 0 Å². The third-order valence-corrected chi connectivity index (χ3v) is 3.42. The zero-order valence-electron chi connectivity index (χ0n) is 9.99. The number of carboxylic acids is 1. The minimum absolute atomic E-state index is 0.651. The average molecular weight is 252 g/mol. The molecule has 17 heavy (non-hydrogen) atoms. The van der Waals surface area contributed by atoms with Crippen LogP contribution in [0.25, 0.3) is 10.9 Å². The van der Waals surface area contributed by atoms with E-state index >= 15 is 0 Å². The molecule has 1 heterocycles. The Labute approximate surface area is 105 Å². The summed E-state index contributed by atoms with van der Waals surface area (Å²) in [6.07, 6.45) is 0. The van der Waals surface area contributed by atoms with Gasteiger partial charge in [-0.25, -0.2) is 0 Å². The second-order valence-electron chi connectivity index (χ2n) is 4.72. The first kappa shape index (κ1) is 12.0. The van der Waals surface area contributed by atoms with Gasteiger partial charge in [-0.05, 0) is 37.4 Å². The monoisotopic (exact) mass is 251 g/mol. The van der Waals surface area contributed by atoms with Gasteiger partial charge in [0.25, 0.3) is 0 Å². The Bertz CT molecular complexity index is 599. The van der Waals surface area contributed by atoms with E-state index in [-0.39, 0.29) is 0 Å². The molecule has 0 saturated heterocycles. The molecule has 1 aromatic carbocycles. The van der Waals surface area contributed by atoms with Crippen LogP contribution in [-0.4, -0.2) is 15.6 Å². The van der Waals surface area contributed by atoms with E-state index in [9.17, 15) is 9.90 Å². The van der Waals surface area contributed by atoms with Crippen LogP contribution >= 0.6 is 11.6 Å². The second kappa shape index (κ2) is 3.77. The average Bonchev–Trinajstić information content (AvgIpc) is 2.56. The third-order valence-electron chi connectivity index (χ3n) is 3.18. The van der Waals surface area contributed by atoms with Gasteiger partial charge in [-0.1, -0.05) is 17.7 Å². The van der Waals surface area contributed by atoms with E-state index in [1.54, 1.807) is 19.9 Å². The maximum atomic E-state index is 11.3. The summed E-state index contributed by atoms with van der Waals surface area (Å²) >= 11 is 5.95. The van der Waals surface area contributed by atoms with Crippen LogP contribution in [0.3, 0.4) is 0 Å². The highest BCUT2D eigenvalue weighted by Gasteiger charge is 2.32. The molecule has 2 aromatic rings. The zero-order valence-corrected chi connectivity index (χ0v) is 10.7. The normalized spacial score (nSPS) is 12.0. The summed E-state index contributed by atoms with van der Waals surface area (Å²) in [6, 6.07) is 7.46. The number of benzene rings is 1. The minimum atomic E-state index is -0.916. The molecule has 3 nitrogen and oxygen atoms in total. The van der Waals surface area contributed by atoms with Gasteiger partial charge >= 0.3 is 5.97 Å². The molecule has 0 radical (unpaired) electrons. The number of aromatic nitrogens is 1. The van der Waals surface area contributed by atoms with Crippen LogP contribution in [0, 0.1) is 0 Å². The van der Waals surface area contributed by atoms with Crippen molar-refractivity contribution in [1.29, 1.82) is 0 Å². The van der Waals surface area contributed by atoms with Crippen molar-refractivity contribution in [2.45, 2.75) is 19.3 Å². The molecule has 0 spiro atoms. The van der Waals surface area contributed by atoms with Crippen molar-refractivity contribution in [3.8, 4) is 0 Å². The molecule has 0 aliphatic carbocycles. The number of carboxylic acid groups (broad SMARTS) is 1. The Morgan fingerprint density at radius 2 is 2.00 bits per heavy atom. The van der Waals surface area contributed by atoms with Crippen molar-refractivity contribution >= 4 is 28.5 Å². The summed E-state index contributed by atoms with van der Waals surface area (Å²) in [6.45, 7) is 3.40. The van der Waals surface area contributed by atoms with Gasteiger partial charge in [0.1, 0.15) is 5.41 Å². The Kier molecular flexibility index (Phi) is 2.66. The molecule has 0 amide bonds. The summed E-state index contributed by atoms with van der Waals surface area (Å²) in [7, 11) is 1.86. The van der Waals surface area contributed by atoms with Crippen molar-refractivity contribution in [3.63, 3.8) is 0 Å². The lowest BCUT2D eigenvalue weighted by molar-refractivity contribution is -0.142. The Morgan fingerprint density at radius 1 is 1.35 bits per heavy atom. The summed E-state index contributed by atoms with van der Waals surface area (Å²) in [4.78, 5) is 11.3. The van der Waals surface area contributed by atoms with E-state index in [1.807, 2.05) is 29.8 Å². The molecule has 0 fully saturated rings. The van der Waals surface area contributed by atoms with Crippen LogP contribution in [0.4, 0.5) is 0 Å². The fourth-order valence-corrected chi connectivity index (χ4v) is 2.18.